The normalized spacial score (nSPS) is 22.3. The van der Waals surface area contributed by atoms with Gasteiger partial charge in [0, 0.05) is 18.7 Å². The number of anilines is 1. The lowest BCUT2D eigenvalue weighted by molar-refractivity contribution is -0.140. The Labute approximate surface area is 193 Å². The van der Waals surface area contributed by atoms with Gasteiger partial charge in [0.1, 0.15) is 11.3 Å². The van der Waals surface area contributed by atoms with Crippen LogP contribution < -0.4 is 20.8 Å². The average molecular weight is 458 g/mol. The minimum absolute atomic E-state index is 0.0797. The maximum atomic E-state index is 12.8. The highest BCUT2D eigenvalue weighted by Gasteiger charge is 2.52. The first kappa shape index (κ1) is 23.0. The van der Waals surface area contributed by atoms with Crippen LogP contribution >= 0.6 is 0 Å². The molecule has 10 nitrogen and oxygen atoms in total. The van der Waals surface area contributed by atoms with Crippen molar-refractivity contribution in [3.63, 3.8) is 0 Å². The van der Waals surface area contributed by atoms with E-state index in [1.807, 2.05) is 4.90 Å². The van der Waals surface area contributed by atoms with Crippen molar-refractivity contribution in [2.45, 2.75) is 62.9 Å². The van der Waals surface area contributed by atoms with Crippen LogP contribution in [0, 0.1) is 0 Å². The van der Waals surface area contributed by atoms with Crippen LogP contribution in [0.2, 0.25) is 0 Å². The molecule has 1 aromatic carbocycles. The molecule has 0 bridgehead atoms. The molecule has 3 N–H and O–H groups in total. The molecule has 10 heteroatoms. The zero-order valence-corrected chi connectivity index (χ0v) is 18.9. The Morgan fingerprint density at radius 1 is 1.12 bits per heavy atom. The van der Waals surface area contributed by atoms with Gasteiger partial charge < -0.3 is 15.4 Å². The predicted octanol–water partition coefficient (Wildman–Crippen LogP) is 1.77. The molecule has 2 heterocycles. The molecule has 1 spiro atoms. The number of benzene rings is 1. The number of rotatable bonds is 7. The van der Waals surface area contributed by atoms with Gasteiger partial charge in [0.15, 0.2) is 0 Å². The van der Waals surface area contributed by atoms with E-state index in [-0.39, 0.29) is 24.3 Å². The van der Waals surface area contributed by atoms with E-state index in [1.54, 1.807) is 31.4 Å². The van der Waals surface area contributed by atoms with Crippen molar-refractivity contribution in [1.82, 2.24) is 20.7 Å². The molecule has 2 aliphatic heterocycles. The number of carbonyl (C=O) groups is 4. The second kappa shape index (κ2) is 9.78. The molecule has 178 valence electrons. The number of amides is 5. The lowest BCUT2D eigenvalue weighted by Gasteiger charge is -2.30. The maximum absolute atomic E-state index is 12.8. The monoisotopic (exact) mass is 457 g/mol. The van der Waals surface area contributed by atoms with Gasteiger partial charge in [-0.15, -0.1) is 0 Å². The van der Waals surface area contributed by atoms with Gasteiger partial charge in [-0.2, -0.15) is 5.01 Å². The number of nitrogens with zero attached hydrogens (tertiary/aromatic N) is 2. The van der Waals surface area contributed by atoms with E-state index in [0.29, 0.717) is 43.8 Å². The maximum Gasteiger partial charge on any atom is 0.344 e. The van der Waals surface area contributed by atoms with Crippen LogP contribution in [0.25, 0.3) is 0 Å². The molecular formula is C23H31N5O5. The van der Waals surface area contributed by atoms with Crippen LogP contribution in [0.4, 0.5) is 10.5 Å². The van der Waals surface area contributed by atoms with Crippen LogP contribution in [0.3, 0.4) is 0 Å². The lowest BCUT2D eigenvalue weighted by atomic mass is 9.82. The summed E-state index contributed by atoms with van der Waals surface area (Å²) < 4.78 is 5.13. The van der Waals surface area contributed by atoms with E-state index in [9.17, 15) is 19.2 Å². The second-order valence-electron chi connectivity index (χ2n) is 8.91. The Hall–Kier alpha value is -3.14. The fourth-order valence-corrected chi connectivity index (χ4v) is 4.93. The van der Waals surface area contributed by atoms with Gasteiger partial charge in [-0.1, -0.05) is 19.3 Å². The third-order valence-electron chi connectivity index (χ3n) is 6.76. The van der Waals surface area contributed by atoms with E-state index < -0.39 is 17.5 Å². The van der Waals surface area contributed by atoms with Crippen molar-refractivity contribution >= 4 is 29.4 Å². The number of urea groups is 1. The Kier molecular flexibility index (Phi) is 6.83. The number of imide groups is 1. The molecular weight excluding hydrogens is 426 g/mol. The average Bonchev–Trinajstić information content (AvgIpc) is 3.38. The number of nitrogens with one attached hydrogen (secondary N) is 3. The summed E-state index contributed by atoms with van der Waals surface area (Å²) in [6.07, 6.45) is 5.64. The number of carbonyl (C=O) groups excluding carboxylic acids is 4. The Morgan fingerprint density at radius 2 is 1.85 bits per heavy atom. The molecule has 1 saturated carbocycles. The van der Waals surface area contributed by atoms with Crippen LogP contribution in [0.1, 0.15) is 51.4 Å². The third-order valence-corrected chi connectivity index (χ3v) is 6.76. The first-order valence-electron chi connectivity index (χ1n) is 11.6. The molecule has 3 aliphatic rings. The third kappa shape index (κ3) is 4.95. The molecule has 5 amide bonds. The smallest absolute Gasteiger partial charge is 0.344 e. The van der Waals surface area contributed by atoms with Crippen LogP contribution in [0.15, 0.2) is 24.3 Å². The minimum Gasteiger partial charge on any atom is -0.497 e. The van der Waals surface area contributed by atoms with Crippen LogP contribution in [-0.2, 0) is 14.4 Å². The summed E-state index contributed by atoms with van der Waals surface area (Å²) in [4.78, 5) is 52.4. The Balaban J connectivity index is 1.28. The topological polar surface area (TPSA) is 120 Å². The molecule has 3 fully saturated rings. The Morgan fingerprint density at radius 3 is 2.55 bits per heavy atom. The molecule has 33 heavy (non-hydrogen) atoms. The highest BCUT2D eigenvalue weighted by Crippen LogP contribution is 2.33. The minimum atomic E-state index is -0.873. The number of likely N-dealkylation sites (tertiary alicyclic amines) is 1. The highest BCUT2D eigenvalue weighted by molar-refractivity contribution is 6.08. The number of hydrazine groups is 1. The van der Waals surface area contributed by atoms with Gasteiger partial charge in [0.2, 0.25) is 11.8 Å². The van der Waals surface area contributed by atoms with E-state index in [2.05, 4.69) is 16.1 Å². The van der Waals surface area contributed by atoms with Crippen molar-refractivity contribution < 1.29 is 23.9 Å². The molecule has 1 aromatic rings. The van der Waals surface area contributed by atoms with Crippen molar-refractivity contribution in [2.75, 3.05) is 25.5 Å². The van der Waals surface area contributed by atoms with Crippen molar-refractivity contribution in [1.29, 1.82) is 0 Å². The summed E-state index contributed by atoms with van der Waals surface area (Å²) in [5.41, 5.74) is 2.27. The van der Waals surface area contributed by atoms with Crippen molar-refractivity contribution in [3.8, 4) is 5.75 Å². The molecule has 1 unspecified atom stereocenters. The standard InChI is InChI=1S/C23H31N5O5/c1-33-17-9-7-16(8-10-17)24-20(30)18-6-5-14-27(18)15-11-19(29)26-28-21(31)23(25-22(28)32)12-3-2-4-13-23/h7-10,18H,2-6,11-15H2,1H3,(H,24,30)(H,25,32)(H,26,29). The molecule has 1 atom stereocenters. The summed E-state index contributed by atoms with van der Waals surface area (Å²) in [6, 6.07) is 6.20. The Bertz CT molecular complexity index is 912. The summed E-state index contributed by atoms with van der Waals surface area (Å²) >= 11 is 0. The summed E-state index contributed by atoms with van der Waals surface area (Å²) in [5.74, 6) is -0.210. The fraction of sp³-hybridized carbons (Fsp3) is 0.565. The number of hydrogen-bond acceptors (Lipinski definition) is 6. The van der Waals surface area contributed by atoms with E-state index >= 15 is 0 Å². The first-order valence-corrected chi connectivity index (χ1v) is 11.6. The van der Waals surface area contributed by atoms with Gasteiger partial charge in [-0.25, -0.2) is 4.79 Å². The lowest BCUT2D eigenvalue weighted by Crippen LogP contribution is -2.51. The molecule has 0 aromatic heterocycles. The largest absolute Gasteiger partial charge is 0.497 e. The van der Waals surface area contributed by atoms with E-state index in [1.165, 1.54) is 0 Å². The number of methoxy groups -OCH3 is 1. The number of hydrogen-bond donors (Lipinski definition) is 3. The molecule has 1 aliphatic carbocycles. The SMILES string of the molecule is COc1ccc(NC(=O)C2CCCN2CCC(=O)NN2C(=O)NC3(CCCCC3)C2=O)cc1. The van der Waals surface area contributed by atoms with Crippen molar-refractivity contribution in [3.05, 3.63) is 24.3 Å². The molecule has 4 rings (SSSR count). The van der Waals surface area contributed by atoms with Gasteiger partial charge in [-0.3, -0.25) is 24.7 Å². The van der Waals surface area contributed by atoms with E-state index in [4.69, 9.17) is 4.74 Å². The summed E-state index contributed by atoms with van der Waals surface area (Å²) in [7, 11) is 1.58. The zero-order chi connectivity index (χ0) is 23.4. The highest BCUT2D eigenvalue weighted by atomic mass is 16.5. The van der Waals surface area contributed by atoms with E-state index in [0.717, 1.165) is 30.7 Å². The fourth-order valence-electron chi connectivity index (χ4n) is 4.93. The van der Waals surface area contributed by atoms with Crippen LogP contribution in [-0.4, -0.2) is 65.4 Å². The molecule has 2 saturated heterocycles. The molecule has 0 radical (unpaired) electrons. The van der Waals surface area contributed by atoms with Crippen LogP contribution in [0.5, 0.6) is 5.75 Å². The van der Waals surface area contributed by atoms with Crippen molar-refractivity contribution in [2.24, 2.45) is 0 Å². The van der Waals surface area contributed by atoms with Gasteiger partial charge in [-0.05, 0) is 56.5 Å². The zero-order valence-electron chi connectivity index (χ0n) is 18.9. The number of ether oxygens (including phenoxy) is 1. The van der Waals surface area contributed by atoms with Gasteiger partial charge >= 0.3 is 6.03 Å². The first-order chi connectivity index (χ1) is 15.9. The van der Waals surface area contributed by atoms with Gasteiger partial charge in [0.25, 0.3) is 5.91 Å². The predicted molar refractivity (Wildman–Crippen MR) is 120 cm³/mol. The quantitative estimate of drug-likeness (QED) is 0.537. The summed E-state index contributed by atoms with van der Waals surface area (Å²) in [6.45, 7) is 1.07. The second-order valence-corrected chi connectivity index (χ2v) is 8.91. The van der Waals surface area contributed by atoms with Gasteiger partial charge in [0.05, 0.1) is 13.2 Å². The summed E-state index contributed by atoms with van der Waals surface area (Å²) in [5, 5.41) is 6.51.